The van der Waals surface area contributed by atoms with E-state index < -0.39 is 17.8 Å². The number of nitrogens with zero attached hydrogens (tertiary/aromatic N) is 1. The van der Waals surface area contributed by atoms with Crippen molar-refractivity contribution in [1.29, 1.82) is 0 Å². The molecule has 1 rings (SSSR count). The lowest BCUT2D eigenvalue weighted by Gasteiger charge is -2.14. The van der Waals surface area contributed by atoms with Crippen molar-refractivity contribution in [3.63, 3.8) is 0 Å². The summed E-state index contributed by atoms with van der Waals surface area (Å²) >= 11 is 0. The van der Waals surface area contributed by atoms with Crippen LogP contribution in [-0.2, 0) is 6.18 Å². The molecule has 5 nitrogen and oxygen atoms in total. The first-order chi connectivity index (χ1) is 11.4. The Morgan fingerprint density at radius 2 is 1.84 bits per heavy atom. The summed E-state index contributed by atoms with van der Waals surface area (Å²) in [5.74, 6) is 0.870. The van der Waals surface area contributed by atoms with E-state index in [0.29, 0.717) is 12.5 Å². The van der Waals surface area contributed by atoms with Crippen molar-refractivity contribution < 1.29 is 23.0 Å². The van der Waals surface area contributed by atoms with Gasteiger partial charge in [0.25, 0.3) is 0 Å². The Morgan fingerprint density at radius 3 is 2.36 bits per heavy atom. The third kappa shape index (κ3) is 9.73. The molecule has 0 aliphatic carbocycles. The van der Waals surface area contributed by atoms with Crippen molar-refractivity contribution in [1.82, 2.24) is 10.6 Å². The van der Waals surface area contributed by atoms with Gasteiger partial charge < -0.3 is 20.5 Å². The van der Waals surface area contributed by atoms with Crippen LogP contribution >= 0.6 is 24.0 Å². The lowest BCUT2D eigenvalue weighted by molar-refractivity contribution is -0.137. The number of hydrogen-bond donors (Lipinski definition) is 3. The molecule has 0 aliphatic heterocycles. The van der Waals surface area contributed by atoms with Gasteiger partial charge in [-0.2, -0.15) is 13.2 Å². The molecule has 0 fully saturated rings. The molecule has 0 amide bonds. The Bertz CT molecular complexity index is 510. The molecule has 1 unspecified atom stereocenters. The number of aliphatic hydroxyl groups is 1. The molecule has 1 atom stereocenters. The summed E-state index contributed by atoms with van der Waals surface area (Å²) < 4.78 is 42.6. The minimum atomic E-state index is -4.37. The highest BCUT2D eigenvalue weighted by atomic mass is 127. The third-order valence-corrected chi connectivity index (χ3v) is 2.97. The van der Waals surface area contributed by atoms with E-state index in [1.54, 1.807) is 0 Å². The number of hydrogen-bond acceptors (Lipinski definition) is 3. The number of alkyl halides is 3. The van der Waals surface area contributed by atoms with E-state index in [9.17, 15) is 18.3 Å². The normalized spacial score (nSPS) is 13.0. The highest BCUT2D eigenvalue weighted by Gasteiger charge is 2.30. The summed E-state index contributed by atoms with van der Waals surface area (Å²) in [5.41, 5.74) is -0.739. The molecular formula is C16H25F3IN3O2. The standard InChI is InChI=1S/C16H24F3N3O2.HI/c1-3-9-21-15(20-4-2)22-10-13(23)11-24-14-7-5-12(6-8-14)16(17,18)19;/h5-8,13,23H,3-4,9-11H2,1-2H3,(H2,20,21,22);1H. The van der Waals surface area contributed by atoms with Gasteiger partial charge >= 0.3 is 6.18 Å². The number of aliphatic imine (C=N–C) groups is 1. The lowest BCUT2D eigenvalue weighted by atomic mass is 10.2. The Labute approximate surface area is 163 Å². The first kappa shape index (κ1) is 23.8. The number of aliphatic hydroxyl groups excluding tert-OH is 1. The molecule has 9 heteroatoms. The Balaban J connectivity index is 0.00000576. The Kier molecular flexibility index (Phi) is 11.6. The summed E-state index contributed by atoms with van der Waals surface area (Å²) in [6, 6.07) is 4.34. The van der Waals surface area contributed by atoms with Gasteiger partial charge in [-0.05, 0) is 37.6 Å². The molecule has 1 aromatic carbocycles. The third-order valence-electron chi connectivity index (χ3n) is 2.97. The molecule has 0 saturated heterocycles. The zero-order valence-corrected chi connectivity index (χ0v) is 16.6. The molecule has 1 aromatic rings. The molecular weight excluding hydrogens is 450 g/mol. The van der Waals surface area contributed by atoms with Crippen LogP contribution < -0.4 is 15.4 Å². The predicted octanol–water partition coefficient (Wildman–Crippen LogP) is 3.03. The summed E-state index contributed by atoms with van der Waals surface area (Å²) in [6.07, 6.45) is -4.28. The molecule has 0 aromatic heterocycles. The van der Waals surface area contributed by atoms with E-state index in [0.717, 1.165) is 25.1 Å². The number of guanidine groups is 1. The Morgan fingerprint density at radius 1 is 1.20 bits per heavy atom. The molecule has 0 bridgehead atoms. The van der Waals surface area contributed by atoms with Crippen LogP contribution in [0.5, 0.6) is 5.75 Å². The van der Waals surface area contributed by atoms with E-state index in [-0.39, 0.29) is 42.9 Å². The molecule has 0 radical (unpaired) electrons. The zero-order chi connectivity index (χ0) is 18.0. The van der Waals surface area contributed by atoms with Gasteiger partial charge in [-0.1, -0.05) is 6.92 Å². The summed E-state index contributed by atoms with van der Waals surface area (Å²) in [4.78, 5) is 4.23. The van der Waals surface area contributed by atoms with Crippen LogP contribution in [0.2, 0.25) is 0 Å². The van der Waals surface area contributed by atoms with Crippen molar-refractivity contribution in [2.45, 2.75) is 32.5 Å². The van der Waals surface area contributed by atoms with E-state index in [4.69, 9.17) is 4.74 Å². The van der Waals surface area contributed by atoms with E-state index >= 15 is 0 Å². The number of nitrogens with one attached hydrogen (secondary N) is 2. The maximum atomic E-state index is 12.5. The first-order valence-electron chi connectivity index (χ1n) is 7.87. The average molecular weight is 475 g/mol. The van der Waals surface area contributed by atoms with Crippen LogP contribution in [0.4, 0.5) is 13.2 Å². The van der Waals surface area contributed by atoms with E-state index in [1.807, 2.05) is 13.8 Å². The summed E-state index contributed by atoms with van der Waals surface area (Å²) in [6.45, 7) is 5.51. The lowest BCUT2D eigenvalue weighted by Crippen LogP contribution is -2.38. The van der Waals surface area contributed by atoms with Gasteiger partial charge in [-0.3, -0.25) is 4.99 Å². The second kappa shape index (κ2) is 12.2. The number of benzene rings is 1. The van der Waals surface area contributed by atoms with Crippen molar-refractivity contribution in [3.8, 4) is 5.75 Å². The van der Waals surface area contributed by atoms with E-state index in [2.05, 4.69) is 15.6 Å². The van der Waals surface area contributed by atoms with Crippen LogP contribution in [0.1, 0.15) is 25.8 Å². The minimum absolute atomic E-state index is 0. The Hall–Kier alpha value is -1.23. The summed E-state index contributed by atoms with van der Waals surface area (Å²) in [5, 5.41) is 16.0. The molecule has 3 N–H and O–H groups in total. The molecule has 0 heterocycles. The highest BCUT2D eigenvalue weighted by molar-refractivity contribution is 14.0. The number of halogens is 4. The van der Waals surface area contributed by atoms with Gasteiger partial charge in [-0.15, -0.1) is 24.0 Å². The maximum Gasteiger partial charge on any atom is 0.416 e. The highest BCUT2D eigenvalue weighted by Crippen LogP contribution is 2.30. The molecule has 25 heavy (non-hydrogen) atoms. The zero-order valence-electron chi connectivity index (χ0n) is 14.3. The van der Waals surface area contributed by atoms with Crippen LogP contribution in [0, 0.1) is 0 Å². The topological polar surface area (TPSA) is 65.9 Å². The van der Waals surface area contributed by atoms with Crippen molar-refractivity contribution in [2.75, 3.05) is 26.2 Å². The number of rotatable bonds is 8. The minimum Gasteiger partial charge on any atom is -0.491 e. The van der Waals surface area contributed by atoms with Gasteiger partial charge in [0, 0.05) is 13.1 Å². The molecule has 144 valence electrons. The smallest absolute Gasteiger partial charge is 0.416 e. The average Bonchev–Trinajstić information content (AvgIpc) is 2.55. The second-order valence-corrected chi connectivity index (χ2v) is 5.13. The maximum absolute atomic E-state index is 12.5. The van der Waals surface area contributed by atoms with E-state index in [1.165, 1.54) is 12.1 Å². The fraction of sp³-hybridized carbons (Fsp3) is 0.562. The second-order valence-electron chi connectivity index (χ2n) is 5.13. The quantitative estimate of drug-likeness (QED) is 0.307. The van der Waals surface area contributed by atoms with Gasteiger partial charge in [0.15, 0.2) is 5.96 Å². The van der Waals surface area contributed by atoms with Gasteiger partial charge in [0.2, 0.25) is 0 Å². The monoisotopic (exact) mass is 475 g/mol. The van der Waals surface area contributed by atoms with Crippen LogP contribution in [0.15, 0.2) is 29.3 Å². The molecule has 0 spiro atoms. The van der Waals surface area contributed by atoms with Crippen molar-refractivity contribution in [2.24, 2.45) is 4.99 Å². The summed E-state index contributed by atoms with van der Waals surface area (Å²) in [7, 11) is 0. The van der Waals surface area contributed by atoms with Gasteiger partial charge in [-0.25, -0.2) is 0 Å². The predicted molar refractivity (Wildman–Crippen MR) is 103 cm³/mol. The van der Waals surface area contributed by atoms with Crippen molar-refractivity contribution >= 4 is 29.9 Å². The van der Waals surface area contributed by atoms with Crippen LogP contribution in [0.25, 0.3) is 0 Å². The fourth-order valence-corrected chi connectivity index (χ4v) is 1.77. The number of ether oxygens (including phenoxy) is 1. The van der Waals surface area contributed by atoms with Crippen LogP contribution in [-0.4, -0.2) is 43.4 Å². The van der Waals surface area contributed by atoms with Gasteiger partial charge in [0.1, 0.15) is 18.5 Å². The SMILES string of the molecule is CCCNC(=NCC(O)COc1ccc(C(F)(F)F)cc1)NCC.I. The first-order valence-corrected chi connectivity index (χ1v) is 7.87. The van der Waals surface area contributed by atoms with Gasteiger partial charge in [0.05, 0.1) is 12.1 Å². The molecule has 0 aliphatic rings. The largest absolute Gasteiger partial charge is 0.491 e. The van der Waals surface area contributed by atoms with Crippen molar-refractivity contribution in [3.05, 3.63) is 29.8 Å². The molecule has 0 saturated carbocycles. The fourth-order valence-electron chi connectivity index (χ4n) is 1.77. The van der Waals surface area contributed by atoms with Crippen LogP contribution in [0.3, 0.4) is 0 Å².